The number of carbonyl (C=O) groups excluding carboxylic acids is 1. The number of piperazine rings is 1. The Kier molecular flexibility index (Phi) is 9.34. The van der Waals surface area contributed by atoms with Gasteiger partial charge in [-0.3, -0.25) is 4.79 Å². The first-order chi connectivity index (χ1) is 22.3. The third-order valence-corrected chi connectivity index (χ3v) is 10.0. The van der Waals surface area contributed by atoms with Crippen LogP contribution in [0.5, 0.6) is 6.01 Å². The average Bonchev–Trinajstić information content (AvgIpc) is 3.84. The molecule has 1 amide bonds. The Hall–Kier alpha value is -3.94. The molecule has 1 atom stereocenters. The lowest BCUT2D eigenvalue weighted by molar-refractivity contribution is -0.131. The molecular weight excluding hydrogens is 605 g/mol. The van der Waals surface area contributed by atoms with Gasteiger partial charge >= 0.3 is 6.01 Å². The minimum absolute atomic E-state index is 0.0651. The zero-order chi connectivity index (χ0) is 32.4. The highest BCUT2D eigenvalue weighted by molar-refractivity contribution is 6.36. The minimum atomic E-state index is -1.01. The summed E-state index contributed by atoms with van der Waals surface area (Å²) in [5.74, 6) is -0.995. The predicted octanol–water partition coefficient (Wildman–Crippen LogP) is 5.77. The van der Waals surface area contributed by atoms with Crippen molar-refractivity contribution in [2.75, 3.05) is 68.8 Å². The molecular formula is C35H41ClFN7O2. The number of anilines is 2. The van der Waals surface area contributed by atoms with Crippen molar-refractivity contribution in [1.82, 2.24) is 19.8 Å². The number of fused-ring (bicyclic) bond motifs is 2. The fourth-order valence-electron chi connectivity index (χ4n) is 6.86. The van der Waals surface area contributed by atoms with E-state index in [1.54, 1.807) is 0 Å². The highest BCUT2D eigenvalue weighted by Crippen LogP contribution is 2.46. The van der Waals surface area contributed by atoms with Crippen LogP contribution < -0.4 is 14.5 Å². The van der Waals surface area contributed by atoms with E-state index in [0.29, 0.717) is 43.7 Å². The topological polar surface area (TPSA) is 69.4 Å². The Morgan fingerprint density at radius 2 is 1.91 bits per heavy atom. The quantitative estimate of drug-likeness (QED) is 0.194. The van der Waals surface area contributed by atoms with Crippen molar-refractivity contribution >= 4 is 39.8 Å². The van der Waals surface area contributed by atoms with Crippen LogP contribution >= 0.6 is 11.6 Å². The molecule has 2 aliphatic heterocycles. The molecule has 0 bridgehead atoms. The summed E-state index contributed by atoms with van der Waals surface area (Å²) in [7, 11) is 0. The van der Waals surface area contributed by atoms with E-state index in [0.717, 1.165) is 72.6 Å². The second-order valence-electron chi connectivity index (χ2n) is 12.6. The number of amides is 1. The molecule has 3 aliphatic rings. The Balaban J connectivity index is 1.33. The molecule has 1 aliphatic carbocycles. The number of aromatic nitrogens is 2. The largest absolute Gasteiger partial charge is 0.463 e. The molecule has 6 rings (SSSR count). The van der Waals surface area contributed by atoms with Gasteiger partial charge < -0.3 is 29.2 Å². The van der Waals surface area contributed by atoms with Crippen molar-refractivity contribution in [2.24, 2.45) is 5.41 Å². The Labute approximate surface area is 275 Å². The van der Waals surface area contributed by atoms with Crippen molar-refractivity contribution in [3.8, 4) is 6.01 Å². The summed E-state index contributed by atoms with van der Waals surface area (Å²) >= 11 is 6.71. The lowest BCUT2D eigenvalue weighted by Gasteiger charge is -2.41. The van der Waals surface area contributed by atoms with Crippen LogP contribution in [0.4, 0.5) is 15.9 Å². The van der Waals surface area contributed by atoms with Gasteiger partial charge in [0.15, 0.2) is 5.83 Å². The van der Waals surface area contributed by atoms with Crippen molar-refractivity contribution in [3.05, 3.63) is 76.5 Å². The van der Waals surface area contributed by atoms with Crippen LogP contribution in [0.1, 0.15) is 37.9 Å². The molecule has 3 heterocycles. The average molecular weight is 646 g/mol. The van der Waals surface area contributed by atoms with E-state index in [2.05, 4.69) is 64.2 Å². The lowest BCUT2D eigenvalue weighted by Crippen LogP contribution is -2.57. The number of rotatable bonds is 11. The van der Waals surface area contributed by atoms with Crippen molar-refractivity contribution in [2.45, 2.75) is 45.7 Å². The highest BCUT2D eigenvalue weighted by Gasteiger charge is 2.45. The first kappa shape index (κ1) is 32.0. The second-order valence-corrected chi connectivity index (χ2v) is 13.0. The molecule has 242 valence electrons. The Morgan fingerprint density at radius 1 is 1.15 bits per heavy atom. The molecule has 0 unspecified atom stereocenters. The third-order valence-electron chi connectivity index (χ3n) is 9.69. The monoisotopic (exact) mass is 645 g/mol. The predicted molar refractivity (Wildman–Crippen MR) is 180 cm³/mol. The molecule has 2 fully saturated rings. The molecule has 1 aromatic heterocycles. The number of benzene rings is 2. The zero-order valence-electron chi connectivity index (χ0n) is 26.6. The zero-order valence-corrected chi connectivity index (χ0v) is 27.4. The normalized spacial score (nSPS) is 18.8. The maximum atomic E-state index is 13.9. The number of hydrogen-bond donors (Lipinski definition) is 0. The van der Waals surface area contributed by atoms with Gasteiger partial charge in [-0.05, 0) is 49.9 Å². The Bertz CT molecular complexity index is 1660. The van der Waals surface area contributed by atoms with Gasteiger partial charge in [-0.2, -0.15) is 9.97 Å². The standard InChI is InChI=1S/C35H41ClFN7O2/c1-5-41(6-2)22-35(14-15-35)23-46-34-39-29-21-42(30-12-8-10-25-9-7-11-28(36)31(25)30)16-13-27(29)32(40-34)43-17-18-44(33(45)24(3)37)26(20-43)19-38-4/h7-12,26H,3,5-6,13-23H2,1-2H3/t26-/m0/s1. The molecule has 0 radical (unpaired) electrons. The second kappa shape index (κ2) is 13.4. The van der Waals surface area contributed by atoms with Gasteiger partial charge in [-0.25, -0.2) is 11.0 Å². The highest BCUT2D eigenvalue weighted by atomic mass is 35.5. The van der Waals surface area contributed by atoms with Crippen LogP contribution in [0.25, 0.3) is 15.6 Å². The SMILES string of the molecule is [C-]#[N+]C[C@H]1CN(c2nc(OCC3(CN(CC)CC)CC3)nc3c2CCN(c2cccc4cccc(Cl)c24)C3)CCN1C(=O)C(=C)F. The summed E-state index contributed by atoms with van der Waals surface area (Å²) in [5.41, 5.74) is 3.10. The molecule has 46 heavy (non-hydrogen) atoms. The van der Waals surface area contributed by atoms with E-state index in [1.807, 2.05) is 12.1 Å². The number of ether oxygens (including phenoxy) is 1. The van der Waals surface area contributed by atoms with E-state index in [-0.39, 0.29) is 18.5 Å². The van der Waals surface area contributed by atoms with Gasteiger partial charge in [0.1, 0.15) is 11.9 Å². The van der Waals surface area contributed by atoms with E-state index in [1.165, 1.54) is 4.90 Å². The number of halogens is 2. The van der Waals surface area contributed by atoms with Gasteiger partial charge in [-0.15, -0.1) is 0 Å². The minimum Gasteiger partial charge on any atom is -0.463 e. The Morgan fingerprint density at radius 3 is 2.61 bits per heavy atom. The summed E-state index contributed by atoms with van der Waals surface area (Å²) in [6.45, 7) is 21.0. The number of hydrogen-bond acceptors (Lipinski definition) is 7. The number of carbonyl (C=O) groups is 1. The fourth-order valence-corrected chi connectivity index (χ4v) is 7.14. The van der Waals surface area contributed by atoms with Crippen LogP contribution in [0.2, 0.25) is 5.02 Å². The van der Waals surface area contributed by atoms with E-state index >= 15 is 0 Å². The molecule has 2 aromatic carbocycles. The smallest absolute Gasteiger partial charge is 0.318 e. The third kappa shape index (κ3) is 6.49. The van der Waals surface area contributed by atoms with Crippen LogP contribution in [0.3, 0.4) is 0 Å². The van der Waals surface area contributed by atoms with E-state index < -0.39 is 17.8 Å². The molecule has 9 nitrogen and oxygen atoms in total. The first-order valence-electron chi connectivity index (χ1n) is 16.2. The van der Waals surface area contributed by atoms with Gasteiger partial charge in [0.25, 0.3) is 5.91 Å². The molecule has 1 saturated heterocycles. The molecule has 1 saturated carbocycles. The molecule has 0 spiro atoms. The van der Waals surface area contributed by atoms with Crippen LogP contribution in [0, 0.1) is 12.0 Å². The molecule has 3 aromatic rings. The first-order valence-corrected chi connectivity index (χ1v) is 16.5. The summed E-state index contributed by atoms with van der Waals surface area (Å²) in [6.07, 6.45) is 2.93. The van der Waals surface area contributed by atoms with Gasteiger partial charge in [-0.1, -0.05) is 56.3 Å². The molecule has 0 N–H and O–H groups in total. The van der Waals surface area contributed by atoms with E-state index in [9.17, 15) is 9.18 Å². The lowest BCUT2D eigenvalue weighted by atomic mass is 10.0. The maximum absolute atomic E-state index is 13.9. The van der Waals surface area contributed by atoms with Crippen LogP contribution in [0.15, 0.2) is 48.8 Å². The van der Waals surface area contributed by atoms with Crippen molar-refractivity contribution in [1.29, 1.82) is 0 Å². The van der Waals surface area contributed by atoms with Crippen LogP contribution in [-0.4, -0.2) is 90.7 Å². The van der Waals surface area contributed by atoms with Gasteiger partial charge in [0.05, 0.1) is 23.9 Å². The van der Waals surface area contributed by atoms with Gasteiger partial charge in [0.2, 0.25) is 6.54 Å². The maximum Gasteiger partial charge on any atom is 0.318 e. The van der Waals surface area contributed by atoms with Gasteiger partial charge in [0, 0.05) is 54.8 Å². The summed E-state index contributed by atoms with van der Waals surface area (Å²) in [6, 6.07) is 12.1. The van der Waals surface area contributed by atoms with Crippen LogP contribution in [-0.2, 0) is 17.8 Å². The summed E-state index contributed by atoms with van der Waals surface area (Å²) < 4.78 is 20.3. The fraction of sp³-hybridized carbons (Fsp3) is 0.486. The van der Waals surface area contributed by atoms with E-state index in [4.69, 9.17) is 32.9 Å². The number of nitrogens with zero attached hydrogens (tertiary/aromatic N) is 7. The van der Waals surface area contributed by atoms with Crippen molar-refractivity contribution < 1.29 is 13.9 Å². The molecule has 11 heteroatoms. The summed E-state index contributed by atoms with van der Waals surface area (Å²) in [4.78, 5) is 34.4. The van der Waals surface area contributed by atoms with Crippen molar-refractivity contribution in [3.63, 3.8) is 0 Å². The summed E-state index contributed by atoms with van der Waals surface area (Å²) in [5, 5.41) is 2.81.